The second-order valence-electron chi connectivity index (χ2n) is 5.59. The van der Waals surface area contributed by atoms with E-state index in [2.05, 4.69) is 21.5 Å². The Balaban J connectivity index is 2.44. The first-order valence-electron chi connectivity index (χ1n) is 7.94. The van der Waals surface area contributed by atoms with Gasteiger partial charge in [-0.15, -0.1) is 0 Å². The van der Waals surface area contributed by atoms with Crippen molar-refractivity contribution >= 4 is 27.7 Å². The van der Waals surface area contributed by atoms with Crippen LogP contribution in [0.2, 0.25) is 0 Å². The van der Waals surface area contributed by atoms with Crippen molar-refractivity contribution in [1.29, 1.82) is 0 Å². The molecule has 0 spiro atoms. The first kappa shape index (κ1) is 20.5. The van der Waals surface area contributed by atoms with Crippen LogP contribution in [-0.2, 0) is 14.8 Å². The highest BCUT2D eigenvalue weighted by Crippen LogP contribution is 2.09. The maximum atomic E-state index is 12.3. The maximum Gasteiger partial charge on any atom is 0.216 e. The average Bonchev–Trinajstić information content (AvgIpc) is 2.51. The number of nitrogens with zero attached hydrogens (tertiary/aromatic N) is 3. The van der Waals surface area contributed by atoms with Crippen molar-refractivity contribution in [2.75, 3.05) is 64.1 Å². The quantitative estimate of drug-likeness (QED) is 0.378. The van der Waals surface area contributed by atoms with Crippen LogP contribution in [-0.4, -0.2) is 93.8 Å². The van der Waals surface area contributed by atoms with Gasteiger partial charge in [0.2, 0.25) is 10.0 Å². The van der Waals surface area contributed by atoms with Crippen molar-refractivity contribution in [1.82, 2.24) is 14.5 Å². The molecule has 0 atom stereocenters. The number of hydrogen-bond donors (Lipinski definition) is 1. The molecule has 0 amide bonds. The fourth-order valence-electron chi connectivity index (χ4n) is 2.29. The third-order valence-electron chi connectivity index (χ3n) is 3.53. The van der Waals surface area contributed by atoms with Gasteiger partial charge in [0.25, 0.3) is 0 Å². The van der Waals surface area contributed by atoms with Crippen LogP contribution in [0.3, 0.4) is 0 Å². The van der Waals surface area contributed by atoms with Gasteiger partial charge in [-0.2, -0.15) is 16.1 Å². The minimum Gasteiger partial charge on any atom is -0.378 e. The molecule has 1 aliphatic heterocycles. The van der Waals surface area contributed by atoms with E-state index >= 15 is 0 Å². The van der Waals surface area contributed by atoms with Crippen LogP contribution in [0.5, 0.6) is 0 Å². The topological polar surface area (TPSA) is 74.2 Å². The van der Waals surface area contributed by atoms with Crippen LogP contribution in [0.1, 0.15) is 13.8 Å². The minimum atomic E-state index is -3.24. The molecule has 1 heterocycles. The Hall–Kier alpha value is -0.510. The molecule has 1 N–H and O–H groups in total. The normalized spacial score (nSPS) is 17.8. The van der Waals surface area contributed by atoms with E-state index < -0.39 is 10.0 Å². The summed E-state index contributed by atoms with van der Waals surface area (Å²) < 4.78 is 31.5. The highest BCUT2D eigenvalue weighted by Gasteiger charge is 2.27. The van der Waals surface area contributed by atoms with E-state index in [1.807, 2.05) is 13.8 Å². The first-order chi connectivity index (χ1) is 10.9. The Labute approximate surface area is 144 Å². The summed E-state index contributed by atoms with van der Waals surface area (Å²) in [7, 11) is -1.48. The summed E-state index contributed by atoms with van der Waals surface area (Å²) in [6, 6.07) is 0. The Morgan fingerprint density at radius 1 is 1.30 bits per heavy atom. The summed E-state index contributed by atoms with van der Waals surface area (Å²) in [6.45, 7) is 7.21. The first-order valence-corrected chi connectivity index (χ1v) is 10.9. The molecule has 23 heavy (non-hydrogen) atoms. The van der Waals surface area contributed by atoms with Crippen molar-refractivity contribution < 1.29 is 13.2 Å². The van der Waals surface area contributed by atoms with Crippen LogP contribution in [0.25, 0.3) is 0 Å². The molecule has 7 nitrogen and oxygen atoms in total. The van der Waals surface area contributed by atoms with Gasteiger partial charge in [0.1, 0.15) is 0 Å². The molecule has 0 aromatic carbocycles. The lowest BCUT2D eigenvalue weighted by molar-refractivity contribution is 0.0904. The lowest BCUT2D eigenvalue weighted by Gasteiger charge is -2.35. The van der Waals surface area contributed by atoms with Crippen LogP contribution >= 0.6 is 11.8 Å². The zero-order valence-corrected chi connectivity index (χ0v) is 16.3. The molecule has 136 valence electrons. The predicted octanol–water partition coefficient (Wildman–Crippen LogP) is 0.297. The average molecular weight is 367 g/mol. The molecule has 9 heteroatoms. The number of aliphatic imine (C=N–C) groups is 1. The number of piperazine rings is 1. The summed E-state index contributed by atoms with van der Waals surface area (Å²) in [5, 5.41) is 3.31. The molecule has 0 aromatic heterocycles. The van der Waals surface area contributed by atoms with Crippen molar-refractivity contribution in [3.8, 4) is 0 Å². The van der Waals surface area contributed by atoms with Gasteiger partial charge in [-0.25, -0.2) is 8.42 Å². The summed E-state index contributed by atoms with van der Waals surface area (Å²) in [4.78, 5) is 6.38. The highest BCUT2D eigenvalue weighted by molar-refractivity contribution is 7.98. The highest BCUT2D eigenvalue weighted by atomic mass is 32.2. The van der Waals surface area contributed by atoms with E-state index in [-0.39, 0.29) is 18.5 Å². The predicted molar refractivity (Wildman–Crippen MR) is 97.8 cm³/mol. The zero-order valence-electron chi connectivity index (χ0n) is 14.6. The van der Waals surface area contributed by atoms with E-state index in [1.54, 1.807) is 23.1 Å². The zero-order chi connectivity index (χ0) is 17.3. The van der Waals surface area contributed by atoms with Gasteiger partial charge in [0, 0.05) is 45.5 Å². The Bertz CT molecular complexity index is 461. The Morgan fingerprint density at radius 2 is 1.96 bits per heavy atom. The molecule has 1 fully saturated rings. The number of hydrogen-bond acceptors (Lipinski definition) is 5. The molecule has 1 saturated heterocycles. The van der Waals surface area contributed by atoms with E-state index in [4.69, 9.17) is 4.74 Å². The van der Waals surface area contributed by atoms with Crippen molar-refractivity contribution in [2.45, 2.75) is 20.0 Å². The van der Waals surface area contributed by atoms with Gasteiger partial charge in [-0.1, -0.05) is 0 Å². The van der Waals surface area contributed by atoms with Crippen molar-refractivity contribution in [2.24, 2.45) is 4.99 Å². The van der Waals surface area contributed by atoms with Crippen LogP contribution < -0.4 is 5.32 Å². The third kappa shape index (κ3) is 7.28. The molecule has 0 aromatic rings. The summed E-state index contributed by atoms with van der Waals surface area (Å²) in [6.07, 6.45) is 2.12. The van der Waals surface area contributed by atoms with E-state index in [1.165, 1.54) is 0 Å². The molecule has 0 aliphatic carbocycles. The fraction of sp³-hybridized carbons (Fsp3) is 0.929. The van der Waals surface area contributed by atoms with Crippen LogP contribution in [0.4, 0.5) is 0 Å². The molecule has 0 saturated carbocycles. The van der Waals surface area contributed by atoms with E-state index in [0.29, 0.717) is 26.2 Å². The second-order valence-corrected chi connectivity index (χ2v) is 8.66. The van der Waals surface area contributed by atoms with Gasteiger partial charge in [0.15, 0.2) is 5.96 Å². The van der Waals surface area contributed by atoms with E-state index in [0.717, 1.165) is 18.3 Å². The lowest BCUT2D eigenvalue weighted by atomic mass is 10.4. The smallest absolute Gasteiger partial charge is 0.216 e. The molecule has 1 rings (SSSR count). The van der Waals surface area contributed by atoms with E-state index in [9.17, 15) is 8.42 Å². The Kier molecular flexibility index (Phi) is 9.26. The molecule has 1 aliphatic rings. The van der Waals surface area contributed by atoms with Crippen molar-refractivity contribution in [3.63, 3.8) is 0 Å². The second kappa shape index (κ2) is 10.4. The largest absolute Gasteiger partial charge is 0.378 e. The van der Waals surface area contributed by atoms with Gasteiger partial charge in [-0.05, 0) is 20.1 Å². The molecular formula is C14H30N4O3S2. The number of nitrogens with one attached hydrogen (secondary N) is 1. The van der Waals surface area contributed by atoms with Crippen LogP contribution in [0.15, 0.2) is 4.99 Å². The minimum absolute atomic E-state index is 0.0475. The maximum absolute atomic E-state index is 12.3. The molecule has 0 unspecified atom stereocenters. The monoisotopic (exact) mass is 366 g/mol. The summed E-state index contributed by atoms with van der Waals surface area (Å²) in [5.41, 5.74) is 0. The molecular weight excluding hydrogens is 336 g/mol. The SMILES string of the molecule is CN=C(NCCSC)N1CCN(S(=O)(=O)CCOC(C)C)CC1. The molecule has 0 bridgehead atoms. The number of thioether (sulfide) groups is 1. The van der Waals surface area contributed by atoms with Crippen LogP contribution in [0, 0.1) is 0 Å². The number of guanidine groups is 1. The number of sulfonamides is 1. The molecule has 0 radical (unpaired) electrons. The van der Waals surface area contributed by atoms with Crippen molar-refractivity contribution in [3.05, 3.63) is 0 Å². The lowest BCUT2D eigenvalue weighted by Crippen LogP contribution is -2.54. The summed E-state index contributed by atoms with van der Waals surface area (Å²) >= 11 is 1.78. The van der Waals surface area contributed by atoms with Gasteiger partial charge < -0.3 is 15.0 Å². The van der Waals surface area contributed by atoms with Gasteiger partial charge in [-0.3, -0.25) is 4.99 Å². The fourth-order valence-corrected chi connectivity index (χ4v) is 3.88. The summed E-state index contributed by atoms with van der Waals surface area (Å²) in [5.74, 6) is 1.91. The third-order valence-corrected chi connectivity index (χ3v) is 5.97. The standard InChI is InChI=1S/C14H30N4O3S2/c1-13(2)21-10-12-23(19,20)18-8-6-17(7-9-18)14(15-3)16-5-11-22-4/h13H,5-12H2,1-4H3,(H,15,16). The number of ether oxygens (including phenoxy) is 1. The van der Waals surface area contributed by atoms with Gasteiger partial charge >= 0.3 is 0 Å². The Morgan fingerprint density at radius 3 is 2.48 bits per heavy atom. The van der Waals surface area contributed by atoms with Gasteiger partial charge in [0.05, 0.1) is 18.5 Å². The number of rotatable bonds is 8.